The topological polar surface area (TPSA) is 64.7 Å². The predicted molar refractivity (Wildman–Crippen MR) is 61.8 cm³/mol. The van der Waals surface area contributed by atoms with Crippen LogP contribution in [0.1, 0.15) is 6.42 Å². The Balaban J connectivity index is 1.61. The van der Waals surface area contributed by atoms with E-state index < -0.39 is 24.9 Å². The first-order chi connectivity index (χ1) is 8.96. The number of urea groups is 1. The number of hydrogen-bond acceptors (Lipinski definition) is 3. The summed E-state index contributed by atoms with van der Waals surface area (Å²) in [5, 5.41) is 5.29. The van der Waals surface area contributed by atoms with Gasteiger partial charge in [-0.3, -0.25) is 10.1 Å². The van der Waals surface area contributed by atoms with Gasteiger partial charge < -0.3 is 15.1 Å². The van der Waals surface area contributed by atoms with Crippen molar-refractivity contribution in [2.45, 2.75) is 24.4 Å². The minimum absolute atomic E-state index is 0.0351. The molecule has 0 aliphatic carbocycles. The van der Waals surface area contributed by atoms with Gasteiger partial charge in [0.05, 0.1) is 18.6 Å². The fourth-order valence-corrected chi connectivity index (χ4v) is 2.91. The van der Waals surface area contributed by atoms with Crippen molar-refractivity contribution in [1.82, 2.24) is 20.4 Å². The number of nitrogens with one attached hydrogen (secondary N) is 2. The lowest BCUT2D eigenvalue weighted by molar-refractivity contribution is -0.135. The molecule has 19 heavy (non-hydrogen) atoms. The molecule has 0 radical (unpaired) electrons. The Bertz CT molecular complexity index is 417. The van der Waals surface area contributed by atoms with Gasteiger partial charge in [0.25, 0.3) is 5.92 Å². The largest absolute Gasteiger partial charge is 0.337 e. The van der Waals surface area contributed by atoms with Gasteiger partial charge in [-0.2, -0.15) is 0 Å². The van der Waals surface area contributed by atoms with E-state index in [2.05, 4.69) is 10.6 Å². The number of piperazine rings is 1. The van der Waals surface area contributed by atoms with E-state index in [0.29, 0.717) is 26.2 Å². The first-order valence-electron chi connectivity index (χ1n) is 6.41. The van der Waals surface area contributed by atoms with Gasteiger partial charge in [0.1, 0.15) is 0 Å². The maximum Gasteiger partial charge on any atom is 0.317 e. The summed E-state index contributed by atoms with van der Waals surface area (Å²) in [5.74, 6) is -3.08. The molecule has 0 bridgehead atoms. The quantitative estimate of drug-likeness (QED) is 0.659. The summed E-state index contributed by atoms with van der Waals surface area (Å²) in [6.45, 7) is 1.36. The lowest BCUT2D eigenvalue weighted by Gasteiger charge is -2.37. The molecule has 0 spiro atoms. The van der Waals surface area contributed by atoms with Gasteiger partial charge in [0.2, 0.25) is 5.91 Å². The molecule has 0 aromatic carbocycles. The summed E-state index contributed by atoms with van der Waals surface area (Å²) in [6.07, 6.45) is -0.437. The Hall–Kier alpha value is -1.44. The summed E-state index contributed by atoms with van der Waals surface area (Å²) in [5.41, 5.74) is 0. The standard InChI is InChI=1S/C11H16F2N4O2/c12-11(13)3-8(15-6-11)9(18)16-1-2-17-7(5-16)4-14-10(17)19/h7-8,15H,1-6H2,(H,14,19). The summed E-state index contributed by atoms with van der Waals surface area (Å²) >= 11 is 0. The minimum Gasteiger partial charge on any atom is -0.337 e. The van der Waals surface area contributed by atoms with Crippen LogP contribution in [0.5, 0.6) is 0 Å². The van der Waals surface area contributed by atoms with E-state index in [9.17, 15) is 18.4 Å². The maximum atomic E-state index is 13.1. The molecule has 2 atom stereocenters. The highest BCUT2D eigenvalue weighted by Gasteiger charge is 2.45. The third-order valence-corrected chi connectivity index (χ3v) is 3.95. The molecule has 0 aromatic heterocycles. The van der Waals surface area contributed by atoms with Crippen molar-refractivity contribution in [2.75, 3.05) is 32.7 Å². The summed E-state index contributed by atoms with van der Waals surface area (Å²) in [4.78, 5) is 26.9. The number of amides is 3. The zero-order chi connectivity index (χ0) is 13.6. The number of nitrogens with zero attached hydrogens (tertiary/aromatic N) is 2. The molecule has 2 N–H and O–H groups in total. The van der Waals surface area contributed by atoms with Gasteiger partial charge in [0.15, 0.2) is 0 Å². The molecule has 0 aromatic rings. The molecule has 3 aliphatic rings. The molecule has 8 heteroatoms. The van der Waals surface area contributed by atoms with Gasteiger partial charge >= 0.3 is 6.03 Å². The highest BCUT2D eigenvalue weighted by molar-refractivity contribution is 5.83. The van der Waals surface area contributed by atoms with E-state index in [-0.39, 0.29) is 18.0 Å². The van der Waals surface area contributed by atoms with Crippen LogP contribution in [0.2, 0.25) is 0 Å². The van der Waals surface area contributed by atoms with Crippen LogP contribution in [0, 0.1) is 0 Å². The Morgan fingerprint density at radius 1 is 1.37 bits per heavy atom. The zero-order valence-corrected chi connectivity index (χ0v) is 10.4. The van der Waals surface area contributed by atoms with Crippen molar-refractivity contribution in [3.8, 4) is 0 Å². The molecular weight excluding hydrogens is 258 g/mol. The number of hydrogen-bond donors (Lipinski definition) is 2. The molecule has 2 unspecified atom stereocenters. The zero-order valence-electron chi connectivity index (χ0n) is 10.4. The fourth-order valence-electron chi connectivity index (χ4n) is 2.91. The van der Waals surface area contributed by atoms with Crippen molar-refractivity contribution >= 4 is 11.9 Å². The molecule has 3 aliphatic heterocycles. The molecule has 3 fully saturated rings. The molecule has 0 saturated carbocycles. The maximum absolute atomic E-state index is 13.1. The Kier molecular flexibility index (Phi) is 2.84. The van der Waals surface area contributed by atoms with Crippen LogP contribution in [0.4, 0.5) is 13.6 Å². The number of rotatable bonds is 1. The lowest BCUT2D eigenvalue weighted by atomic mass is 10.1. The van der Waals surface area contributed by atoms with E-state index in [0.717, 1.165) is 0 Å². The normalized spacial score (nSPS) is 33.3. The van der Waals surface area contributed by atoms with Gasteiger partial charge in [-0.25, -0.2) is 13.6 Å². The average Bonchev–Trinajstić information content (AvgIpc) is 2.92. The molecule has 106 valence electrons. The predicted octanol–water partition coefficient (Wildman–Crippen LogP) is -0.780. The summed E-state index contributed by atoms with van der Waals surface area (Å²) < 4.78 is 26.2. The fraction of sp³-hybridized carbons (Fsp3) is 0.818. The van der Waals surface area contributed by atoms with Crippen molar-refractivity contribution in [1.29, 1.82) is 0 Å². The molecule has 3 rings (SSSR count). The number of alkyl halides is 2. The Morgan fingerprint density at radius 2 is 2.16 bits per heavy atom. The van der Waals surface area contributed by atoms with Gasteiger partial charge in [0, 0.05) is 32.6 Å². The van der Waals surface area contributed by atoms with E-state index in [4.69, 9.17) is 0 Å². The first kappa shape index (κ1) is 12.6. The SMILES string of the molecule is O=C(C1CC(F)(F)CN1)N1CCN2C(=O)NCC2C1. The molecule has 6 nitrogen and oxygen atoms in total. The van der Waals surface area contributed by atoms with Crippen LogP contribution in [-0.4, -0.2) is 72.5 Å². The molecule has 3 saturated heterocycles. The smallest absolute Gasteiger partial charge is 0.317 e. The molecule has 3 heterocycles. The highest BCUT2D eigenvalue weighted by atomic mass is 19.3. The van der Waals surface area contributed by atoms with E-state index in [1.807, 2.05) is 0 Å². The second-order valence-corrected chi connectivity index (χ2v) is 5.31. The monoisotopic (exact) mass is 274 g/mol. The highest BCUT2D eigenvalue weighted by Crippen LogP contribution is 2.26. The van der Waals surface area contributed by atoms with Crippen LogP contribution in [-0.2, 0) is 4.79 Å². The second-order valence-electron chi connectivity index (χ2n) is 5.31. The Labute approximate surface area is 109 Å². The number of halogens is 2. The number of carbonyl (C=O) groups is 2. The lowest BCUT2D eigenvalue weighted by Crippen LogP contribution is -2.56. The third kappa shape index (κ3) is 2.24. The van der Waals surface area contributed by atoms with Crippen molar-refractivity contribution in [2.24, 2.45) is 0 Å². The van der Waals surface area contributed by atoms with Gasteiger partial charge in [-0.15, -0.1) is 0 Å². The minimum atomic E-state index is -2.80. The van der Waals surface area contributed by atoms with E-state index in [1.54, 1.807) is 9.80 Å². The van der Waals surface area contributed by atoms with Crippen molar-refractivity contribution < 1.29 is 18.4 Å². The number of fused-ring (bicyclic) bond motifs is 1. The first-order valence-corrected chi connectivity index (χ1v) is 6.41. The van der Waals surface area contributed by atoms with Crippen molar-refractivity contribution in [3.63, 3.8) is 0 Å². The van der Waals surface area contributed by atoms with Gasteiger partial charge in [-0.1, -0.05) is 0 Å². The van der Waals surface area contributed by atoms with Gasteiger partial charge in [-0.05, 0) is 0 Å². The second kappa shape index (κ2) is 4.29. The third-order valence-electron chi connectivity index (χ3n) is 3.95. The average molecular weight is 274 g/mol. The van der Waals surface area contributed by atoms with Crippen LogP contribution < -0.4 is 10.6 Å². The summed E-state index contributed by atoms with van der Waals surface area (Å²) in [6, 6.07) is -0.943. The van der Waals surface area contributed by atoms with Crippen molar-refractivity contribution in [3.05, 3.63) is 0 Å². The number of carbonyl (C=O) groups excluding carboxylic acids is 2. The van der Waals surface area contributed by atoms with E-state index >= 15 is 0 Å². The van der Waals surface area contributed by atoms with Crippen LogP contribution in [0.15, 0.2) is 0 Å². The molecular formula is C11H16F2N4O2. The molecule has 3 amide bonds. The summed E-state index contributed by atoms with van der Waals surface area (Å²) in [7, 11) is 0. The Morgan fingerprint density at radius 3 is 2.84 bits per heavy atom. The van der Waals surface area contributed by atoms with Crippen LogP contribution in [0.25, 0.3) is 0 Å². The van der Waals surface area contributed by atoms with Crippen LogP contribution >= 0.6 is 0 Å². The van der Waals surface area contributed by atoms with E-state index in [1.165, 1.54) is 0 Å². The van der Waals surface area contributed by atoms with Crippen LogP contribution in [0.3, 0.4) is 0 Å².